The lowest BCUT2D eigenvalue weighted by atomic mass is 10.1. The second kappa shape index (κ2) is 9.48. The van der Waals surface area contributed by atoms with Gasteiger partial charge in [0, 0.05) is 11.8 Å². The van der Waals surface area contributed by atoms with E-state index in [-0.39, 0.29) is 11.3 Å². The minimum absolute atomic E-state index is 0.0873. The zero-order valence-electron chi connectivity index (χ0n) is 17.9. The first-order chi connectivity index (χ1) is 15.6. The maximum absolute atomic E-state index is 13.0. The summed E-state index contributed by atoms with van der Waals surface area (Å²) >= 11 is 0. The molecular formula is C23H19F3N4O3. The molecular weight excluding hydrogens is 437 g/mol. The molecule has 0 atom stereocenters. The van der Waals surface area contributed by atoms with E-state index in [1.165, 1.54) is 13.2 Å². The van der Waals surface area contributed by atoms with Crippen LogP contribution in [-0.2, 0) is 0 Å². The topological polar surface area (TPSA) is 96.3 Å². The SMILES string of the molecule is COc1ccc(NC(=O)c2cc(OC(F)(F)F)ccc2Nc2ccc(C#N)cc2C)c(C)n1. The number of rotatable bonds is 6. The van der Waals surface area contributed by atoms with Crippen LogP contribution in [0, 0.1) is 25.2 Å². The summed E-state index contributed by atoms with van der Waals surface area (Å²) in [4.78, 5) is 17.2. The molecule has 3 rings (SSSR count). The minimum atomic E-state index is -4.91. The second-order valence-electron chi connectivity index (χ2n) is 6.96. The van der Waals surface area contributed by atoms with Gasteiger partial charge in [-0.05, 0) is 61.9 Å². The zero-order chi connectivity index (χ0) is 24.2. The van der Waals surface area contributed by atoms with E-state index in [1.54, 1.807) is 44.2 Å². The third-order valence-electron chi connectivity index (χ3n) is 4.61. The van der Waals surface area contributed by atoms with Crippen LogP contribution in [0.2, 0.25) is 0 Å². The van der Waals surface area contributed by atoms with Gasteiger partial charge in [0.2, 0.25) is 5.88 Å². The number of carbonyl (C=O) groups excluding carboxylic acids is 1. The van der Waals surface area contributed by atoms with Gasteiger partial charge in [-0.1, -0.05) is 0 Å². The van der Waals surface area contributed by atoms with E-state index in [4.69, 9.17) is 10.00 Å². The Morgan fingerprint density at radius 1 is 1.03 bits per heavy atom. The van der Waals surface area contributed by atoms with Gasteiger partial charge in [0.05, 0.1) is 41.4 Å². The number of carbonyl (C=O) groups is 1. The molecule has 170 valence electrons. The van der Waals surface area contributed by atoms with Crippen LogP contribution < -0.4 is 20.1 Å². The summed E-state index contributed by atoms with van der Waals surface area (Å²) in [6, 6.07) is 13.4. The van der Waals surface area contributed by atoms with Crippen molar-refractivity contribution in [1.29, 1.82) is 5.26 Å². The Labute approximate surface area is 187 Å². The van der Waals surface area contributed by atoms with Crippen LogP contribution in [-0.4, -0.2) is 24.4 Å². The van der Waals surface area contributed by atoms with Crippen molar-refractivity contribution in [2.24, 2.45) is 0 Å². The third kappa shape index (κ3) is 5.92. The number of amides is 1. The number of halogens is 3. The van der Waals surface area contributed by atoms with Crippen LogP contribution in [0.25, 0.3) is 0 Å². The maximum Gasteiger partial charge on any atom is 0.573 e. The lowest BCUT2D eigenvalue weighted by Crippen LogP contribution is -2.19. The number of aryl methyl sites for hydroxylation is 2. The Hall–Kier alpha value is -4.26. The van der Waals surface area contributed by atoms with Gasteiger partial charge in [-0.15, -0.1) is 13.2 Å². The number of hydrogen-bond acceptors (Lipinski definition) is 6. The number of benzene rings is 2. The van der Waals surface area contributed by atoms with E-state index in [0.717, 1.165) is 12.1 Å². The fourth-order valence-electron chi connectivity index (χ4n) is 3.01. The summed E-state index contributed by atoms with van der Waals surface area (Å²) in [5.41, 5.74) is 2.73. The predicted molar refractivity (Wildman–Crippen MR) is 116 cm³/mol. The molecule has 1 amide bonds. The summed E-state index contributed by atoms with van der Waals surface area (Å²) in [6.07, 6.45) is -4.91. The van der Waals surface area contributed by atoms with Crippen molar-refractivity contribution in [2.45, 2.75) is 20.2 Å². The molecule has 0 saturated heterocycles. The Kier molecular flexibility index (Phi) is 6.72. The smallest absolute Gasteiger partial charge is 0.481 e. The van der Waals surface area contributed by atoms with Gasteiger partial charge in [-0.25, -0.2) is 4.98 Å². The number of nitriles is 1. The zero-order valence-corrected chi connectivity index (χ0v) is 17.9. The summed E-state index contributed by atoms with van der Waals surface area (Å²) in [7, 11) is 1.45. The quantitative estimate of drug-likeness (QED) is 0.510. The number of hydrogen-bond donors (Lipinski definition) is 2. The van der Waals surface area contributed by atoms with Gasteiger partial charge >= 0.3 is 6.36 Å². The maximum atomic E-state index is 13.0. The number of nitrogens with zero attached hydrogens (tertiary/aromatic N) is 2. The standard InChI is InChI=1S/C23H19F3N4O3/c1-13-10-15(12-27)4-6-18(13)29-20-7-5-16(33-23(24,25)26)11-17(20)22(31)30-19-8-9-21(32-3)28-14(19)2/h4-11,29H,1-3H3,(H,30,31). The molecule has 3 aromatic rings. The number of alkyl halides is 3. The van der Waals surface area contributed by atoms with Gasteiger partial charge < -0.3 is 20.1 Å². The largest absolute Gasteiger partial charge is 0.573 e. The van der Waals surface area contributed by atoms with Crippen molar-refractivity contribution in [3.8, 4) is 17.7 Å². The number of aromatic nitrogens is 1. The highest BCUT2D eigenvalue weighted by molar-refractivity contribution is 6.09. The summed E-state index contributed by atoms with van der Waals surface area (Å²) in [6.45, 7) is 3.41. The first-order valence-electron chi connectivity index (χ1n) is 9.60. The van der Waals surface area contributed by atoms with Gasteiger partial charge in [0.25, 0.3) is 5.91 Å². The molecule has 2 N–H and O–H groups in total. The summed E-state index contributed by atoms with van der Waals surface area (Å²) in [5.74, 6) is -0.865. The molecule has 33 heavy (non-hydrogen) atoms. The first kappa shape index (κ1) is 23.4. The predicted octanol–water partition coefficient (Wildman–Crippen LogP) is 5.47. The van der Waals surface area contributed by atoms with E-state index < -0.39 is 18.0 Å². The van der Waals surface area contributed by atoms with Gasteiger partial charge in [0.15, 0.2) is 0 Å². The molecule has 0 spiro atoms. The van der Waals surface area contributed by atoms with Crippen LogP contribution in [0.15, 0.2) is 48.5 Å². The molecule has 1 aromatic heterocycles. The van der Waals surface area contributed by atoms with E-state index in [0.29, 0.717) is 34.1 Å². The van der Waals surface area contributed by atoms with Crippen molar-refractivity contribution >= 4 is 23.0 Å². The highest BCUT2D eigenvalue weighted by Crippen LogP contribution is 2.31. The molecule has 0 saturated carbocycles. The second-order valence-corrected chi connectivity index (χ2v) is 6.96. The Morgan fingerprint density at radius 2 is 1.73 bits per heavy atom. The molecule has 0 aliphatic carbocycles. The van der Waals surface area contributed by atoms with E-state index in [1.807, 2.05) is 6.07 Å². The number of methoxy groups -OCH3 is 1. The van der Waals surface area contributed by atoms with Crippen molar-refractivity contribution in [2.75, 3.05) is 17.7 Å². The highest BCUT2D eigenvalue weighted by Gasteiger charge is 2.31. The fraction of sp³-hybridized carbons (Fsp3) is 0.174. The average Bonchev–Trinajstić information content (AvgIpc) is 2.76. The molecule has 0 fully saturated rings. The van der Waals surface area contributed by atoms with Crippen LogP contribution >= 0.6 is 0 Å². The monoisotopic (exact) mass is 456 g/mol. The lowest BCUT2D eigenvalue weighted by molar-refractivity contribution is -0.274. The normalized spacial score (nSPS) is 10.8. The molecule has 10 heteroatoms. The molecule has 2 aromatic carbocycles. The molecule has 0 unspecified atom stereocenters. The van der Waals surface area contributed by atoms with Crippen LogP contribution in [0.1, 0.15) is 27.2 Å². The van der Waals surface area contributed by atoms with Crippen molar-refractivity contribution in [3.63, 3.8) is 0 Å². The van der Waals surface area contributed by atoms with Crippen molar-refractivity contribution < 1.29 is 27.4 Å². The van der Waals surface area contributed by atoms with E-state index in [9.17, 15) is 18.0 Å². The Balaban J connectivity index is 1.98. The van der Waals surface area contributed by atoms with Crippen LogP contribution in [0.3, 0.4) is 0 Å². The highest BCUT2D eigenvalue weighted by atomic mass is 19.4. The van der Waals surface area contributed by atoms with E-state index in [2.05, 4.69) is 20.4 Å². The van der Waals surface area contributed by atoms with Gasteiger partial charge in [0.1, 0.15) is 5.75 Å². The van der Waals surface area contributed by atoms with Crippen molar-refractivity contribution in [3.05, 3.63) is 70.9 Å². The summed E-state index contributed by atoms with van der Waals surface area (Å²) < 4.78 is 47.2. The van der Waals surface area contributed by atoms with Gasteiger partial charge in [-0.2, -0.15) is 5.26 Å². The van der Waals surface area contributed by atoms with Crippen LogP contribution in [0.4, 0.5) is 30.2 Å². The number of pyridine rings is 1. The average molecular weight is 456 g/mol. The minimum Gasteiger partial charge on any atom is -0.481 e. The molecule has 0 radical (unpaired) electrons. The molecule has 7 nitrogen and oxygen atoms in total. The summed E-state index contributed by atoms with van der Waals surface area (Å²) in [5, 5.41) is 14.7. The number of ether oxygens (including phenoxy) is 2. The Morgan fingerprint density at radius 3 is 2.33 bits per heavy atom. The van der Waals surface area contributed by atoms with Gasteiger partial charge in [-0.3, -0.25) is 4.79 Å². The fourth-order valence-corrected chi connectivity index (χ4v) is 3.01. The Bertz CT molecular complexity index is 1240. The number of anilines is 3. The molecule has 0 aliphatic rings. The van der Waals surface area contributed by atoms with Crippen LogP contribution in [0.5, 0.6) is 11.6 Å². The molecule has 0 aliphatic heterocycles. The first-order valence-corrected chi connectivity index (χ1v) is 9.60. The van der Waals surface area contributed by atoms with E-state index >= 15 is 0 Å². The lowest BCUT2D eigenvalue weighted by Gasteiger charge is -2.17. The molecule has 0 bridgehead atoms. The van der Waals surface area contributed by atoms with Crippen molar-refractivity contribution in [1.82, 2.24) is 4.98 Å². The number of nitrogens with one attached hydrogen (secondary N) is 2. The third-order valence-corrected chi connectivity index (χ3v) is 4.61. The molecule has 1 heterocycles.